The third-order valence-corrected chi connectivity index (χ3v) is 11.1. The second-order valence-electron chi connectivity index (χ2n) is 14.4. The summed E-state index contributed by atoms with van der Waals surface area (Å²) in [5.74, 6) is -0.350. The Bertz CT molecular complexity index is 1520. The quantitative estimate of drug-likeness (QED) is 0.375. The molecule has 5 aliphatic heterocycles. The Hall–Kier alpha value is -3.84. The number of rotatable bonds is 10. The molecule has 0 bridgehead atoms. The highest BCUT2D eigenvalue weighted by Gasteiger charge is 2.39. The Morgan fingerprint density at radius 3 is 2.40 bits per heavy atom. The van der Waals surface area contributed by atoms with Gasteiger partial charge in [-0.2, -0.15) is 0 Å². The second kappa shape index (κ2) is 16.0. The summed E-state index contributed by atoms with van der Waals surface area (Å²) < 4.78 is 6.24. The number of fused-ring (bicyclic) bond motifs is 1. The van der Waals surface area contributed by atoms with Crippen LogP contribution in [0.4, 0.5) is 5.69 Å². The van der Waals surface area contributed by atoms with Crippen LogP contribution in [0.1, 0.15) is 71.2 Å². The Balaban J connectivity index is 0.787. The number of carbonyl (C=O) groups excluding carboxylic acids is 4. The molecule has 12 heteroatoms. The summed E-state index contributed by atoms with van der Waals surface area (Å²) in [4.78, 5) is 64.3. The van der Waals surface area contributed by atoms with E-state index in [0.717, 1.165) is 89.5 Å². The monoisotopic (exact) mass is 686 g/mol. The fourth-order valence-electron chi connectivity index (χ4n) is 8.11. The summed E-state index contributed by atoms with van der Waals surface area (Å²) in [6.07, 6.45) is 6.13. The van der Waals surface area contributed by atoms with Crippen LogP contribution in [-0.2, 0) is 25.7 Å². The van der Waals surface area contributed by atoms with Crippen molar-refractivity contribution in [1.29, 1.82) is 0 Å². The average molecular weight is 687 g/mol. The molecule has 1 unspecified atom stereocenters. The van der Waals surface area contributed by atoms with Gasteiger partial charge in [0.05, 0.1) is 18.3 Å². The number of hydrogen-bond acceptors (Lipinski definition) is 10. The summed E-state index contributed by atoms with van der Waals surface area (Å²) in [5.41, 5.74) is 3.33. The van der Waals surface area contributed by atoms with E-state index in [0.29, 0.717) is 43.1 Å². The number of anilines is 1. The van der Waals surface area contributed by atoms with Crippen LogP contribution >= 0.6 is 0 Å². The smallest absolute Gasteiger partial charge is 0.357 e. The van der Waals surface area contributed by atoms with Crippen molar-refractivity contribution in [2.24, 2.45) is 5.92 Å². The first-order valence-electron chi connectivity index (χ1n) is 18.5. The van der Waals surface area contributed by atoms with Crippen LogP contribution in [0.2, 0.25) is 0 Å². The maximum atomic E-state index is 13.1. The minimum absolute atomic E-state index is 0.122. The Kier molecular flexibility index (Phi) is 11.1. The van der Waals surface area contributed by atoms with Gasteiger partial charge in [0.25, 0.3) is 5.91 Å². The van der Waals surface area contributed by atoms with Gasteiger partial charge in [0.15, 0.2) is 0 Å². The molecule has 50 heavy (non-hydrogen) atoms. The van der Waals surface area contributed by atoms with Gasteiger partial charge in [-0.05, 0) is 100.0 Å². The van der Waals surface area contributed by atoms with E-state index in [4.69, 9.17) is 9.57 Å². The normalized spacial score (nSPS) is 23.5. The predicted molar refractivity (Wildman–Crippen MR) is 187 cm³/mol. The van der Waals surface area contributed by atoms with Crippen molar-refractivity contribution in [1.82, 2.24) is 25.1 Å². The summed E-state index contributed by atoms with van der Waals surface area (Å²) in [6.45, 7) is 10.9. The van der Waals surface area contributed by atoms with E-state index in [-0.39, 0.29) is 36.2 Å². The van der Waals surface area contributed by atoms with E-state index in [1.165, 1.54) is 12.8 Å². The molecule has 0 aromatic heterocycles. The molecule has 0 radical (unpaired) electrons. The molecule has 7 rings (SSSR count). The second-order valence-corrected chi connectivity index (χ2v) is 14.4. The van der Waals surface area contributed by atoms with Gasteiger partial charge >= 0.3 is 5.97 Å². The van der Waals surface area contributed by atoms with Crippen molar-refractivity contribution in [3.05, 3.63) is 65.2 Å². The Labute approximate surface area is 294 Å². The number of hydrogen-bond donors (Lipinski definition) is 1. The lowest BCUT2D eigenvalue weighted by Gasteiger charge is -2.35. The van der Waals surface area contributed by atoms with Crippen LogP contribution in [0.3, 0.4) is 0 Å². The molecular formula is C38H50N6O6. The zero-order chi connectivity index (χ0) is 34.5. The van der Waals surface area contributed by atoms with Crippen molar-refractivity contribution in [2.75, 3.05) is 77.0 Å². The molecule has 3 amide bonds. The molecule has 4 fully saturated rings. The third kappa shape index (κ3) is 8.37. The Morgan fingerprint density at radius 1 is 0.820 bits per heavy atom. The van der Waals surface area contributed by atoms with Gasteiger partial charge in [0.1, 0.15) is 6.04 Å². The number of amides is 3. The van der Waals surface area contributed by atoms with Crippen molar-refractivity contribution < 1.29 is 28.8 Å². The fourth-order valence-corrected chi connectivity index (χ4v) is 8.11. The average Bonchev–Trinajstić information content (AvgIpc) is 3.28. The molecule has 0 aliphatic carbocycles. The molecule has 0 spiro atoms. The van der Waals surface area contributed by atoms with Gasteiger partial charge in [-0.15, -0.1) is 5.06 Å². The lowest BCUT2D eigenvalue weighted by Crippen LogP contribution is -2.52. The molecule has 5 heterocycles. The van der Waals surface area contributed by atoms with Crippen LogP contribution in [0, 0.1) is 5.92 Å². The number of benzene rings is 2. The van der Waals surface area contributed by atoms with Crippen LogP contribution < -0.4 is 10.2 Å². The van der Waals surface area contributed by atoms with Crippen LogP contribution in [-0.4, -0.2) is 128 Å². The zero-order valence-corrected chi connectivity index (χ0v) is 29.0. The van der Waals surface area contributed by atoms with E-state index in [2.05, 4.69) is 26.1 Å². The van der Waals surface area contributed by atoms with E-state index < -0.39 is 6.04 Å². The number of ether oxygens (including phenoxy) is 1. The highest BCUT2D eigenvalue weighted by molar-refractivity contribution is 6.05. The molecule has 268 valence electrons. The molecule has 12 nitrogen and oxygen atoms in total. The van der Waals surface area contributed by atoms with E-state index in [1.54, 1.807) is 22.1 Å². The molecule has 0 saturated carbocycles. The van der Waals surface area contributed by atoms with Gasteiger partial charge in [-0.1, -0.05) is 18.2 Å². The highest BCUT2D eigenvalue weighted by atomic mass is 16.7. The van der Waals surface area contributed by atoms with Gasteiger partial charge < -0.3 is 29.2 Å². The van der Waals surface area contributed by atoms with Crippen molar-refractivity contribution >= 4 is 29.4 Å². The van der Waals surface area contributed by atoms with E-state index in [9.17, 15) is 19.2 Å². The predicted octanol–water partition coefficient (Wildman–Crippen LogP) is 2.92. The van der Waals surface area contributed by atoms with Crippen LogP contribution in [0.15, 0.2) is 48.5 Å². The van der Waals surface area contributed by atoms with Crippen molar-refractivity contribution in [2.45, 2.75) is 63.6 Å². The summed E-state index contributed by atoms with van der Waals surface area (Å²) in [7, 11) is 0. The minimum atomic E-state index is -0.585. The SMILES string of the molecule is O=C1CCC(N2Cc3cc(N4CCCN(CC5CCN(CCOC6CCN(OC(=O)c7ccccc7)CC6)CC5)CC4)ccc3C2=O)C(=O)N1. The fraction of sp³-hybridized carbons (Fsp3) is 0.579. The number of carbonyl (C=O) groups is 4. The molecule has 1 N–H and O–H groups in total. The van der Waals surface area contributed by atoms with Crippen molar-refractivity contribution in [3.8, 4) is 0 Å². The van der Waals surface area contributed by atoms with Crippen molar-refractivity contribution in [3.63, 3.8) is 0 Å². The van der Waals surface area contributed by atoms with Gasteiger partial charge in [0, 0.05) is 70.0 Å². The number of nitrogens with zero attached hydrogens (tertiary/aromatic N) is 5. The molecule has 4 saturated heterocycles. The third-order valence-electron chi connectivity index (χ3n) is 11.1. The van der Waals surface area contributed by atoms with Crippen LogP contribution in [0.25, 0.3) is 0 Å². The van der Waals surface area contributed by atoms with Gasteiger partial charge in [-0.3, -0.25) is 19.7 Å². The number of hydroxylamine groups is 2. The number of piperidine rings is 3. The molecule has 1 atom stereocenters. The molecule has 5 aliphatic rings. The van der Waals surface area contributed by atoms with Crippen LogP contribution in [0.5, 0.6) is 0 Å². The molecule has 2 aromatic rings. The maximum Gasteiger partial charge on any atom is 0.357 e. The van der Waals surface area contributed by atoms with E-state index in [1.807, 2.05) is 30.3 Å². The first-order chi connectivity index (χ1) is 24.4. The highest BCUT2D eigenvalue weighted by Crippen LogP contribution is 2.31. The van der Waals surface area contributed by atoms with E-state index >= 15 is 0 Å². The maximum absolute atomic E-state index is 13.1. The zero-order valence-electron chi connectivity index (χ0n) is 29.0. The topological polar surface area (TPSA) is 115 Å². The first-order valence-corrected chi connectivity index (χ1v) is 18.5. The minimum Gasteiger partial charge on any atom is -0.377 e. The summed E-state index contributed by atoms with van der Waals surface area (Å²) in [5, 5.41) is 4.14. The summed E-state index contributed by atoms with van der Waals surface area (Å²) >= 11 is 0. The molecular weight excluding hydrogens is 636 g/mol. The number of imide groups is 1. The largest absolute Gasteiger partial charge is 0.377 e. The summed E-state index contributed by atoms with van der Waals surface area (Å²) in [6, 6.07) is 14.6. The lowest BCUT2D eigenvalue weighted by molar-refractivity contribution is -0.140. The van der Waals surface area contributed by atoms with Gasteiger partial charge in [-0.25, -0.2) is 4.79 Å². The molecule has 2 aromatic carbocycles. The number of nitrogens with one attached hydrogen (secondary N) is 1. The van der Waals surface area contributed by atoms with Gasteiger partial charge in [0.2, 0.25) is 11.8 Å². The Morgan fingerprint density at radius 2 is 1.62 bits per heavy atom. The lowest BCUT2D eigenvalue weighted by atomic mass is 9.96. The standard InChI is InChI=1S/C38H50N6O6/c45-35-10-9-34(36(46)39-35)44-27-30-25-31(7-8-33(30)37(44)47)42-16-4-15-41(21-22-42)26-28-11-17-40(18-12-28)23-24-49-32-13-19-43(20-14-32)50-38(48)29-5-2-1-3-6-29/h1-3,5-8,25,28,32,34H,4,9-24,26-27H2,(H,39,45,46). The first kappa shape index (κ1) is 34.6. The number of likely N-dealkylation sites (tertiary alicyclic amines) is 1.